The summed E-state index contributed by atoms with van der Waals surface area (Å²) in [4.78, 5) is 36.6. The van der Waals surface area contributed by atoms with E-state index in [2.05, 4.69) is 6.07 Å². The molecule has 1 aromatic heterocycles. The van der Waals surface area contributed by atoms with E-state index in [0.29, 0.717) is 23.0 Å². The third-order valence-electron chi connectivity index (χ3n) is 6.78. The molecule has 8 nitrogen and oxygen atoms in total. The van der Waals surface area contributed by atoms with Crippen LogP contribution in [0.2, 0.25) is 5.02 Å². The van der Waals surface area contributed by atoms with Crippen molar-refractivity contribution in [2.75, 3.05) is 6.61 Å². The molecule has 5 N–H and O–H groups in total. The smallest absolute Gasteiger partial charge is 0.320 e. The second kappa shape index (κ2) is 9.88. The van der Waals surface area contributed by atoms with E-state index in [9.17, 15) is 14.4 Å². The monoisotopic (exact) mass is 519 g/mol. The lowest BCUT2D eigenvalue weighted by Gasteiger charge is -2.11. The van der Waals surface area contributed by atoms with Crippen molar-refractivity contribution in [3.05, 3.63) is 76.4 Å². The van der Waals surface area contributed by atoms with E-state index in [1.54, 1.807) is 36.5 Å². The number of carbonyl (C=O) groups excluding carboxylic acids is 2. The molecular formula is C28H26ClN3O5. The molecular weight excluding hydrogens is 494 g/mol. The van der Waals surface area contributed by atoms with E-state index < -0.39 is 17.9 Å². The number of nitrogens with zero attached hydrogens (tertiary/aromatic N) is 1. The molecule has 1 atom stereocenters. The first kappa shape index (κ1) is 24.8. The summed E-state index contributed by atoms with van der Waals surface area (Å²) in [6.45, 7) is 0.0444. The number of aryl methyl sites for hydroxylation is 1. The minimum absolute atomic E-state index is 0.154. The standard InChI is InChI=1S/C28H26ClN3O5/c29-19-5-3-17-12-26(21(27(31)34)10-18(17)9-19)37-14-25(33)22-13-32(8-7-23(30)28(35)36)24-11-16(15-1-2-15)4-6-20(22)24/h3-6,9-13,15,23H,1-2,7-8,14,30H2,(H2,31,34)(H,35,36)/t23-/m0/s1. The first-order chi connectivity index (χ1) is 17.7. The summed E-state index contributed by atoms with van der Waals surface area (Å²) in [5, 5.41) is 12.0. The van der Waals surface area contributed by atoms with Gasteiger partial charge in [-0.25, -0.2) is 0 Å². The number of carboxylic acids is 1. The zero-order valence-electron chi connectivity index (χ0n) is 19.9. The van der Waals surface area contributed by atoms with Crippen LogP contribution in [0.1, 0.15) is 51.5 Å². The van der Waals surface area contributed by atoms with Crippen LogP contribution in [0, 0.1) is 0 Å². The predicted octanol–water partition coefficient (Wildman–Crippen LogP) is 4.49. The third kappa shape index (κ3) is 5.16. The maximum Gasteiger partial charge on any atom is 0.320 e. The maximum absolute atomic E-state index is 13.3. The van der Waals surface area contributed by atoms with Gasteiger partial charge in [-0.15, -0.1) is 0 Å². The largest absolute Gasteiger partial charge is 0.485 e. The highest BCUT2D eigenvalue weighted by Crippen LogP contribution is 2.41. The molecule has 0 spiro atoms. The molecule has 190 valence electrons. The van der Waals surface area contributed by atoms with E-state index in [0.717, 1.165) is 34.5 Å². The number of Topliss-reactive ketones (excluding diaryl/α,β-unsaturated/α-hetero) is 1. The number of amides is 1. The van der Waals surface area contributed by atoms with Crippen LogP contribution in [-0.2, 0) is 11.3 Å². The van der Waals surface area contributed by atoms with Gasteiger partial charge in [-0.2, -0.15) is 0 Å². The number of carboxylic acid groups (broad SMARTS) is 1. The van der Waals surface area contributed by atoms with Gasteiger partial charge in [-0.3, -0.25) is 14.4 Å². The number of aliphatic carboxylic acids is 1. The van der Waals surface area contributed by atoms with Gasteiger partial charge in [-0.1, -0.05) is 29.8 Å². The SMILES string of the molecule is NC(=O)c1cc2cc(Cl)ccc2cc1OCC(=O)c1cn(CC[C@H](N)C(=O)O)c2cc(C3CC3)ccc12. The number of halogens is 1. The van der Waals surface area contributed by atoms with E-state index in [4.69, 9.17) is 32.9 Å². The third-order valence-corrected chi connectivity index (χ3v) is 7.01. The fraction of sp³-hybridized carbons (Fsp3) is 0.250. The number of rotatable bonds is 10. The number of ketones is 1. The lowest BCUT2D eigenvalue weighted by atomic mass is 10.0. The van der Waals surface area contributed by atoms with Crippen LogP contribution >= 0.6 is 11.6 Å². The lowest BCUT2D eigenvalue weighted by molar-refractivity contribution is -0.138. The molecule has 1 saturated carbocycles. The van der Waals surface area contributed by atoms with Crippen molar-refractivity contribution in [1.82, 2.24) is 4.57 Å². The second-order valence-corrected chi connectivity index (χ2v) is 9.87. The highest BCUT2D eigenvalue weighted by atomic mass is 35.5. The molecule has 0 aliphatic heterocycles. The predicted molar refractivity (Wildman–Crippen MR) is 141 cm³/mol. The number of hydrogen-bond acceptors (Lipinski definition) is 5. The van der Waals surface area contributed by atoms with Crippen LogP contribution in [0.15, 0.2) is 54.7 Å². The number of nitrogens with two attached hydrogens (primary N) is 2. The van der Waals surface area contributed by atoms with Gasteiger partial charge in [0.2, 0.25) is 5.78 Å². The highest BCUT2D eigenvalue weighted by molar-refractivity contribution is 6.31. The first-order valence-corrected chi connectivity index (χ1v) is 12.4. The Bertz CT molecular complexity index is 1560. The molecule has 1 fully saturated rings. The zero-order valence-corrected chi connectivity index (χ0v) is 20.7. The molecule has 1 amide bonds. The van der Waals surface area contributed by atoms with E-state index >= 15 is 0 Å². The molecule has 3 aromatic carbocycles. The molecule has 9 heteroatoms. The summed E-state index contributed by atoms with van der Waals surface area (Å²) in [6.07, 6.45) is 4.21. The fourth-order valence-electron chi connectivity index (χ4n) is 4.57. The van der Waals surface area contributed by atoms with Gasteiger partial charge < -0.3 is 25.9 Å². The Balaban J connectivity index is 1.44. The summed E-state index contributed by atoms with van der Waals surface area (Å²) in [6, 6.07) is 13.5. The molecule has 0 saturated heterocycles. The molecule has 1 aliphatic rings. The highest BCUT2D eigenvalue weighted by Gasteiger charge is 2.25. The molecule has 0 bridgehead atoms. The van der Waals surface area contributed by atoms with Gasteiger partial charge in [0.1, 0.15) is 11.8 Å². The van der Waals surface area contributed by atoms with Gasteiger partial charge in [0.25, 0.3) is 5.91 Å². The molecule has 0 radical (unpaired) electrons. The van der Waals surface area contributed by atoms with Gasteiger partial charge >= 0.3 is 5.97 Å². The van der Waals surface area contributed by atoms with Crippen LogP contribution in [0.5, 0.6) is 5.75 Å². The van der Waals surface area contributed by atoms with Gasteiger partial charge in [0.15, 0.2) is 6.61 Å². The number of fused-ring (bicyclic) bond motifs is 2. The van der Waals surface area contributed by atoms with Gasteiger partial charge in [0, 0.05) is 34.2 Å². The van der Waals surface area contributed by atoms with E-state index in [-0.39, 0.29) is 30.1 Å². The average Bonchev–Trinajstić information content (AvgIpc) is 3.66. The summed E-state index contributed by atoms with van der Waals surface area (Å²) >= 11 is 6.07. The van der Waals surface area contributed by atoms with Crippen LogP contribution < -0.4 is 16.2 Å². The maximum atomic E-state index is 13.3. The van der Waals surface area contributed by atoms with Crippen molar-refractivity contribution in [2.24, 2.45) is 11.5 Å². The van der Waals surface area contributed by atoms with Crippen LogP contribution in [-0.4, -0.2) is 40.0 Å². The van der Waals surface area contributed by atoms with Crippen LogP contribution in [0.25, 0.3) is 21.7 Å². The summed E-state index contributed by atoms with van der Waals surface area (Å²) < 4.78 is 7.70. The molecule has 0 unspecified atom stereocenters. The quantitative estimate of drug-likeness (QED) is 0.264. The number of aromatic nitrogens is 1. The number of benzene rings is 3. The minimum Gasteiger partial charge on any atom is -0.485 e. The molecule has 37 heavy (non-hydrogen) atoms. The number of hydrogen-bond donors (Lipinski definition) is 3. The summed E-state index contributed by atoms with van der Waals surface area (Å²) in [7, 11) is 0. The van der Waals surface area contributed by atoms with Gasteiger partial charge in [-0.05, 0) is 71.8 Å². The summed E-state index contributed by atoms with van der Waals surface area (Å²) in [5.74, 6) is -1.29. The van der Waals surface area contributed by atoms with Crippen LogP contribution in [0.4, 0.5) is 0 Å². The Labute approximate surface area is 217 Å². The Morgan fingerprint density at radius 1 is 1.05 bits per heavy atom. The van der Waals surface area contributed by atoms with Crippen molar-refractivity contribution in [1.29, 1.82) is 0 Å². The molecule has 5 rings (SSSR count). The summed E-state index contributed by atoms with van der Waals surface area (Å²) in [5.41, 5.74) is 13.9. The topological polar surface area (TPSA) is 138 Å². The Hall–Kier alpha value is -3.88. The van der Waals surface area contributed by atoms with Crippen molar-refractivity contribution in [3.63, 3.8) is 0 Å². The number of ether oxygens (including phenoxy) is 1. The Morgan fingerprint density at radius 2 is 1.84 bits per heavy atom. The van der Waals surface area contributed by atoms with E-state index in [1.807, 2.05) is 16.7 Å². The van der Waals surface area contributed by atoms with Crippen molar-refractivity contribution >= 4 is 50.9 Å². The Kier molecular flexibility index (Phi) is 6.62. The second-order valence-electron chi connectivity index (χ2n) is 9.44. The van der Waals surface area contributed by atoms with Crippen LogP contribution in [0.3, 0.4) is 0 Å². The normalized spacial score (nSPS) is 14.1. The number of carbonyl (C=O) groups is 3. The van der Waals surface area contributed by atoms with Crippen molar-refractivity contribution in [2.45, 2.75) is 37.8 Å². The minimum atomic E-state index is -1.07. The average molecular weight is 520 g/mol. The number of primary amides is 1. The molecule has 1 heterocycles. The van der Waals surface area contributed by atoms with Crippen molar-refractivity contribution < 1.29 is 24.2 Å². The van der Waals surface area contributed by atoms with E-state index in [1.165, 1.54) is 5.56 Å². The van der Waals surface area contributed by atoms with Gasteiger partial charge in [0.05, 0.1) is 5.56 Å². The van der Waals surface area contributed by atoms with Crippen molar-refractivity contribution in [3.8, 4) is 5.75 Å². The fourth-order valence-corrected chi connectivity index (χ4v) is 4.75. The first-order valence-electron chi connectivity index (χ1n) is 12.0. The lowest BCUT2D eigenvalue weighted by Crippen LogP contribution is -2.31. The Morgan fingerprint density at radius 3 is 2.54 bits per heavy atom. The molecule has 4 aromatic rings. The zero-order chi connectivity index (χ0) is 26.3. The molecule has 1 aliphatic carbocycles.